The largest absolute Gasteiger partial charge is 0.504 e. The molecule has 12 heteroatoms. The van der Waals surface area contributed by atoms with Crippen molar-refractivity contribution in [3.05, 3.63) is 98.1 Å². The van der Waals surface area contributed by atoms with Gasteiger partial charge in [0.1, 0.15) is 0 Å². The molecule has 0 aromatic heterocycles. The van der Waals surface area contributed by atoms with Crippen molar-refractivity contribution in [3.8, 4) is 23.0 Å². The molecule has 3 rings (SSSR count). The minimum absolute atomic E-state index is 0.200. The summed E-state index contributed by atoms with van der Waals surface area (Å²) in [5.41, 5.74) is -1.45. The number of benzene rings is 3. The first kappa shape index (κ1) is 23.4. The van der Waals surface area contributed by atoms with Gasteiger partial charge in [-0.3, -0.25) is 20.2 Å². The SMILES string of the molecule is C=Cc1c(O)c(OC(=O)c2cccc([N+](=O)[O-])c2)cc(O)c1OC(=O)c1cccc([N+](=O)[O-])c1. The molecule has 172 valence electrons. The Bertz CT molecular complexity index is 1350. The quantitative estimate of drug-likeness (QED) is 0.170. The fraction of sp³-hybridized carbons (Fsp3) is 0. The number of esters is 2. The molecule has 34 heavy (non-hydrogen) atoms. The number of phenols is 2. The first-order valence-corrected chi connectivity index (χ1v) is 9.27. The second-order valence-corrected chi connectivity index (χ2v) is 6.58. The summed E-state index contributed by atoms with van der Waals surface area (Å²) in [6.45, 7) is 3.45. The molecule has 0 atom stereocenters. The van der Waals surface area contributed by atoms with Gasteiger partial charge in [-0.15, -0.1) is 0 Å². The molecule has 0 bridgehead atoms. The Morgan fingerprint density at radius 3 is 1.82 bits per heavy atom. The van der Waals surface area contributed by atoms with E-state index in [1.54, 1.807) is 0 Å². The van der Waals surface area contributed by atoms with Crippen LogP contribution in [0.1, 0.15) is 26.3 Å². The van der Waals surface area contributed by atoms with E-state index < -0.39 is 44.8 Å². The molecule has 0 aliphatic carbocycles. The number of carbonyl (C=O) groups excluding carboxylic acids is 2. The highest BCUT2D eigenvalue weighted by Gasteiger charge is 2.24. The molecule has 0 aliphatic heterocycles. The van der Waals surface area contributed by atoms with Crippen molar-refractivity contribution in [1.29, 1.82) is 0 Å². The zero-order valence-corrected chi connectivity index (χ0v) is 17.0. The van der Waals surface area contributed by atoms with E-state index in [-0.39, 0.29) is 28.1 Å². The van der Waals surface area contributed by atoms with Crippen molar-refractivity contribution >= 4 is 29.4 Å². The third-order valence-electron chi connectivity index (χ3n) is 4.42. The van der Waals surface area contributed by atoms with Crippen LogP contribution in [-0.2, 0) is 0 Å². The van der Waals surface area contributed by atoms with Gasteiger partial charge in [0.05, 0.1) is 26.5 Å². The maximum Gasteiger partial charge on any atom is 0.343 e. The maximum atomic E-state index is 12.4. The lowest BCUT2D eigenvalue weighted by Gasteiger charge is -2.14. The molecule has 0 spiro atoms. The van der Waals surface area contributed by atoms with Crippen LogP contribution in [0.2, 0.25) is 0 Å². The number of phenolic OH excluding ortho intramolecular Hbond substituents is 2. The number of hydrogen-bond acceptors (Lipinski definition) is 10. The van der Waals surface area contributed by atoms with E-state index in [1.165, 1.54) is 36.4 Å². The number of rotatable bonds is 7. The van der Waals surface area contributed by atoms with Gasteiger partial charge >= 0.3 is 11.9 Å². The van der Waals surface area contributed by atoms with Crippen molar-refractivity contribution in [2.45, 2.75) is 0 Å². The first-order valence-electron chi connectivity index (χ1n) is 9.27. The van der Waals surface area contributed by atoms with Crippen LogP contribution >= 0.6 is 0 Å². The topological polar surface area (TPSA) is 179 Å². The summed E-state index contributed by atoms with van der Waals surface area (Å²) >= 11 is 0. The van der Waals surface area contributed by atoms with E-state index in [0.29, 0.717) is 0 Å². The fourth-order valence-corrected chi connectivity index (χ4v) is 2.81. The molecule has 0 saturated heterocycles. The zero-order valence-electron chi connectivity index (χ0n) is 17.0. The van der Waals surface area contributed by atoms with Crippen LogP contribution in [0.25, 0.3) is 6.08 Å². The van der Waals surface area contributed by atoms with Crippen LogP contribution in [0, 0.1) is 20.2 Å². The van der Waals surface area contributed by atoms with Crippen LogP contribution in [0.3, 0.4) is 0 Å². The Morgan fingerprint density at radius 2 is 1.35 bits per heavy atom. The Morgan fingerprint density at radius 1 is 0.853 bits per heavy atom. The molecule has 12 nitrogen and oxygen atoms in total. The number of non-ortho nitro benzene ring substituents is 2. The monoisotopic (exact) mass is 466 g/mol. The normalized spacial score (nSPS) is 10.2. The molecule has 0 aliphatic rings. The van der Waals surface area contributed by atoms with Crippen molar-refractivity contribution in [3.63, 3.8) is 0 Å². The van der Waals surface area contributed by atoms with Gasteiger partial charge in [0.2, 0.25) is 0 Å². The van der Waals surface area contributed by atoms with Gasteiger partial charge in [-0.05, 0) is 12.1 Å². The van der Waals surface area contributed by atoms with Crippen molar-refractivity contribution in [2.75, 3.05) is 0 Å². The van der Waals surface area contributed by atoms with E-state index in [9.17, 15) is 40.0 Å². The smallest absolute Gasteiger partial charge is 0.343 e. The maximum absolute atomic E-state index is 12.4. The molecule has 3 aromatic carbocycles. The molecular weight excluding hydrogens is 452 g/mol. The zero-order chi connectivity index (χ0) is 25.0. The Labute approximate surface area is 190 Å². The van der Waals surface area contributed by atoms with Crippen LogP contribution in [0.4, 0.5) is 11.4 Å². The van der Waals surface area contributed by atoms with Crippen molar-refractivity contribution < 1.29 is 39.1 Å². The summed E-state index contributed by atoms with van der Waals surface area (Å²) in [4.78, 5) is 45.2. The second-order valence-electron chi connectivity index (χ2n) is 6.58. The van der Waals surface area contributed by atoms with Crippen LogP contribution in [0.5, 0.6) is 23.0 Å². The van der Waals surface area contributed by atoms with Gasteiger partial charge in [0.15, 0.2) is 23.0 Å². The van der Waals surface area contributed by atoms with Gasteiger partial charge in [-0.1, -0.05) is 24.8 Å². The van der Waals surface area contributed by atoms with Crippen LogP contribution in [-0.4, -0.2) is 32.0 Å². The second kappa shape index (κ2) is 9.48. The third kappa shape index (κ3) is 4.80. The standard InChI is InChI=1S/C22H14N2O10/c1-2-16-19(26)18(33-21(27)12-5-3-7-14(9-12)23(29)30)11-17(25)20(16)34-22(28)13-6-4-8-15(10-13)24(31)32/h2-11,25-26H,1H2. The lowest BCUT2D eigenvalue weighted by atomic mass is 10.1. The van der Waals surface area contributed by atoms with Gasteiger partial charge < -0.3 is 19.7 Å². The highest BCUT2D eigenvalue weighted by Crippen LogP contribution is 2.44. The molecule has 0 saturated carbocycles. The van der Waals surface area contributed by atoms with Crippen LogP contribution in [0.15, 0.2) is 61.2 Å². The highest BCUT2D eigenvalue weighted by atomic mass is 16.6. The average molecular weight is 466 g/mol. The predicted octanol–water partition coefficient (Wildman–Crippen LogP) is 4.00. The van der Waals surface area contributed by atoms with Crippen LogP contribution < -0.4 is 9.47 Å². The lowest BCUT2D eigenvalue weighted by molar-refractivity contribution is -0.385. The number of nitrogens with zero attached hydrogens (tertiary/aromatic N) is 2. The summed E-state index contributed by atoms with van der Waals surface area (Å²) in [6, 6.07) is 10.1. The summed E-state index contributed by atoms with van der Waals surface area (Å²) in [7, 11) is 0. The molecule has 0 amide bonds. The van der Waals surface area contributed by atoms with Crippen molar-refractivity contribution in [2.24, 2.45) is 0 Å². The first-order chi connectivity index (χ1) is 16.1. The highest BCUT2D eigenvalue weighted by molar-refractivity contribution is 5.94. The van der Waals surface area contributed by atoms with Gasteiger partial charge in [0, 0.05) is 30.3 Å². The number of nitro groups is 2. The summed E-state index contributed by atoms with van der Waals surface area (Å²) in [5.74, 6) is -4.70. The minimum Gasteiger partial charge on any atom is -0.504 e. The Kier molecular flexibility index (Phi) is 6.53. The Balaban J connectivity index is 1.91. The van der Waals surface area contributed by atoms with E-state index in [2.05, 4.69) is 6.58 Å². The summed E-state index contributed by atoms with van der Waals surface area (Å²) < 4.78 is 10.1. The summed E-state index contributed by atoms with van der Waals surface area (Å²) in [6.07, 6.45) is 1.01. The summed E-state index contributed by atoms with van der Waals surface area (Å²) in [5, 5.41) is 42.6. The predicted molar refractivity (Wildman–Crippen MR) is 116 cm³/mol. The van der Waals surface area contributed by atoms with E-state index in [4.69, 9.17) is 9.47 Å². The average Bonchev–Trinajstić information content (AvgIpc) is 2.82. The van der Waals surface area contributed by atoms with E-state index in [0.717, 1.165) is 24.3 Å². The molecular formula is C22H14N2O10. The number of nitro benzene ring substituents is 2. The van der Waals surface area contributed by atoms with E-state index >= 15 is 0 Å². The molecule has 0 fully saturated rings. The number of ether oxygens (including phenoxy) is 2. The molecule has 0 heterocycles. The number of hydrogen-bond donors (Lipinski definition) is 2. The minimum atomic E-state index is -1.08. The molecule has 3 aromatic rings. The van der Waals surface area contributed by atoms with E-state index in [1.807, 2.05) is 0 Å². The van der Waals surface area contributed by atoms with Gasteiger partial charge in [-0.2, -0.15) is 0 Å². The molecule has 2 N–H and O–H groups in total. The fourth-order valence-electron chi connectivity index (χ4n) is 2.81. The van der Waals surface area contributed by atoms with Gasteiger partial charge in [0.25, 0.3) is 11.4 Å². The third-order valence-corrected chi connectivity index (χ3v) is 4.42. The molecule has 0 radical (unpaired) electrons. The number of aromatic hydroxyl groups is 2. The van der Waals surface area contributed by atoms with Crippen molar-refractivity contribution in [1.82, 2.24) is 0 Å². The Hall–Kier alpha value is -5.26. The number of carbonyl (C=O) groups is 2. The molecule has 0 unspecified atom stereocenters. The van der Waals surface area contributed by atoms with Gasteiger partial charge in [-0.25, -0.2) is 9.59 Å². The lowest BCUT2D eigenvalue weighted by Crippen LogP contribution is -2.11.